The van der Waals surface area contributed by atoms with E-state index in [1.165, 1.54) is 40.5 Å². The van der Waals surface area contributed by atoms with Crippen LogP contribution >= 0.6 is 23.5 Å². The van der Waals surface area contributed by atoms with Gasteiger partial charge in [-0.3, -0.25) is 9.52 Å². The maximum Gasteiger partial charge on any atom is 0.245 e. The van der Waals surface area contributed by atoms with Crippen molar-refractivity contribution in [2.75, 3.05) is 18.5 Å². The lowest BCUT2D eigenvalue weighted by Crippen LogP contribution is -2.45. The van der Waals surface area contributed by atoms with Crippen LogP contribution in [0.3, 0.4) is 0 Å². The predicted octanol–water partition coefficient (Wildman–Crippen LogP) is 4.94. The van der Waals surface area contributed by atoms with E-state index in [0.29, 0.717) is 11.3 Å². The summed E-state index contributed by atoms with van der Waals surface area (Å²) in [6.45, 7) is 7.01. The van der Waals surface area contributed by atoms with Gasteiger partial charge in [0.25, 0.3) is 0 Å². The lowest BCUT2D eigenvalue weighted by atomic mass is 9.98. The Bertz CT molecular complexity index is 1030. The number of halogens is 2. The van der Waals surface area contributed by atoms with Gasteiger partial charge >= 0.3 is 0 Å². The number of hydrogen-bond acceptors (Lipinski definition) is 6. The van der Waals surface area contributed by atoms with Crippen molar-refractivity contribution in [1.29, 1.82) is 0 Å². The lowest BCUT2D eigenvalue weighted by molar-refractivity contribution is -0.119. The van der Waals surface area contributed by atoms with E-state index in [0.717, 1.165) is 22.8 Å². The van der Waals surface area contributed by atoms with Crippen LogP contribution in [-0.2, 0) is 11.2 Å². The van der Waals surface area contributed by atoms with Crippen LogP contribution in [0.1, 0.15) is 26.3 Å². The molecule has 0 aliphatic carbocycles. The molecule has 0 spiro atoms. The fraction of sp³-hybridized carbons (Fsp3) is 0.364. The highest BCUT2D eigenvalue weighted by Gasteiger charge is 2.24. The van der Waals surface area contributed by atoms with Gasteiger partial charge in [0.05, 0.1) is 15.7 Å². The molecule has 3 rings (SSSR count). The summed E-state index contributed by atoms with van der Waals surface area (Å²) in [5, 5.41) is 0. The van der Waals surface area contributed by atoms with Gasteiger partial charge in [0.1, 0.15) is 17.7 Å². The van der Waals surface area contributed by atoms with Gasteiger partial charge < -0.3 is 4.90 Å². The number of anilines is 1. The van der Waals surface area contributed by atoms with Crippen molar-refractivity contribution in [3.8, 4) is 0 Å². The zero-order valence-electron chi connectivity index (χ0n) is 17.9. The molecule has 2 N–H and O–H groups in total. The second-order valence-electron chi connectivity index (χ2n) is 8.54. The van der Waals surface area contributed by atoms with Gasteiger partial charge in [-0.25, -0.2) is 18.5 Å². The maximum absolute atomic E-state index is 13.7. The molecule has 1 heterocycles. The Morgan fingerprint density at radius 3 is 2.58 bits per heavy atom. The summed E-state index contributed by atoms with van der Waals surface area (Å²) in [6, 6.07) is 8.27. The molecule has 0 saturated carbocycles. The topological polar surface area (TPSA) is 57.3 Å². The molecule has 1 unspecified atom stereocenters. The molecular weight excluding hydrogens is 438 g/mol. The van der Waals surface area contributed by atoms with Crippen LogP contribution in [0.2, 0.25) is 0 Å². The molecular formula is C22H26F2N4OS2. The Hall–Kier alpha value is -2.07. The third kappa shape index (κ3) is 6.70. The molecule has 0 saturated heterocycles. The molecule has 2 aromatic carbocycles. The Morgan fingerprint density at radius 1 is 1.19 bits per heavy atom. The van der Waals surface area contributed by atoms with Crippen molar-refractivity contribution in [3.05, 3.63) is 59.1 Å². The highest BCUT2D eigenvalue weighted by atomic mass is 32.2. The largest absolute Gasteiger partial charge is 0.314 e. The minimum absolute atomic E-state index is 0.0691. The van der Waals surface area contributed by atoms with Crippen molar-refractivity contribution in [3.63, 3.8) is 0 Å². The van der Waals surface area contributed by atoms with E-state index < -0.39 is 17.7 Å². The van der Waals surface area contributed by atoms with Crippen molar-refractivity contribution >= 4 is 45.3 Å². The van der Waals surface area contributed by atoms with Gasteiger partial charge in [-0.05, 0) is 47.7 Å². The van der Waals surface area contributed by atoms with Crippen molar-refractivity contribution in [2.24, 2.45) is 5.41 Å². The van der Waals surface area contributed by atoms with Crippen LogP contribution in [0, 0.1) is 17.0 Å². The number of nitrogens with one attached hydrogen (secondary N) is 2. The van der Waals surface area contributed by atoms with Gasteiger partial charge in [-0.1, -0.05) is 20.8 Å². The zero-order chi connectivity index (χ0) is 22.6. The second-order valence-corrected chi connectivity index (χ2v) is 10.2. The summed E-state index contributed by atoms with van der Waals surface area (Å²) in [5.41, 5.74) is 3.76. The van der Waals surface area contributed by atoms with E-state index in [1.54, 1.807) is 12.6 Å². The van der Waals surface area contributed by atoms with Gasteiger partial charge in [0, 0.05) is 37.5 Å². The van der Waals surface area contributed by atoms with E-state index in [-0.39, 0.29) is 17.7 Å². The number of likely N-dealkylation sites (N-methyl/N-ethyl adjacent to an activating group) is 1. The Morgan fingerprint density at radius 2 is 1.90 bits per heavy atom. The highest BCUT2D eigenvalue weighted by Crippen LogP contribution is 2.24. The molecule has 0 bridgehead atoms. The Kier molecular flexibility index (Phi) is 7.64. The predicted molar refractivity (Wildman–Crippen MR) is 125 cm³/mol. The molecule has 1 amide bonds. The first-order valence-corrected chi connectivity index (χ1v) is 11.5. The van der Waals surface area contributed by atoms with Crippen LogP contribution in [0.5, 0.6) is 0 Å². The van der Waals surface area contributed by atoms with Crippen LogP contribution in [0.4, 0.5) is 14.5 Å². The van der Waals surface area contributed by atoms with Gasteiger partial charge in [0.15, 0.2) is 0 Å². The number of rotatable bonds is 8. The molecule has 1 aromatic heterocycles. The molecule has 0 aliphatic rings. The first-order valence-electron chi connectivity index (χ1n) is 9.82. The highest BCUT2D eigenvalue weighted by molar-refractivity contribution is 7.95. The van der Waals surface area contributed by atoms with Crippen LogP contribution < -0.4 is 14.3 Å². The number of carbonyl (C=O) groups is 1. The molecule has 5 nitrogen and oxygen atoms in total. The quantitative estimate of drug-likeness (QED) is 0.365. The van der Waals surface area contributed by atoms with E-state index >= 15 is 0 Å². The first kappa shape index (κ1) is 23.6. The summed E-state index contributed by atoms with van der Waals surface area (Å²) in [7, 11) is 1.68. The number of nitrogens with zero attached hydrogens (tertiary/aromatic N) is 2. The van der Waals surface area contributed by atoms with Crippen molar-refractivity contribution < 1.29 is 13.6 Å². The lowest BCUT2D eigenvalue weighted by Gasteiger charge is -2.25. The van der Waals surface area contributed by atoms with Crippen LogP contribution in [0.15, 0.2) is 41.9 Å². The van der Waals surface area contributed by atoms with E-state index in [2.05, 4.69) is 35.2 Å². The van der Waals surface area contributed by atoms with E-state index in [9.17, 15) is 13.6 Å². The summed E-state index contributed by atoms with van der Waals surface area (Å²) in [6.07, 6.45) is 0.140. The standard InChI is InChI=1S/C22H26F2N4OS2/c1-22(2,3)12-26-31-27-19(9-14-7-15(23)10-16(24)8-14)21(29)28(4)17-5-6-20-18(11-17)25-13-30-20/h5-8,10-11,13,19,26-27H,9,12H2,1-4H3. The Labute approximate surface area is 189 Å². The molecule has 9 heteroatoms. The second kappa shape index (κ2) is 10.0. The Balaban J connectivity index is 1.77. The normalized spacial score (nSPS) is 12.8. The van der Waals surface area contributed by atoms with Crippen molar-refractivity contribution in [2.45, 2.75) is 33.2 Å². The monoisotopic (exact) mass is 464 g/mol. The number of thiazole rings is 1. The fourth-order valence-corrected chi connectivity index (χ4v) is 4.50. The fourth-order valence-electron chi connectivity index (χ4n) is 2.93. The number of fused-ring (bicyclic) bond motifs is 1. The smallest absolute Gasteiger partial charge is 0.245 e. The van der Waals surface area contributed by atoms with Crippen LogP contribution in [-0.4, -0.2) is 30.5 Å². The first-order chi connectivity index (χ1) is 14.6. The average Bonchev–Trinajstić information content (AvgIpc) is 3.15. The SMILES string of the molecule is CN(C(=O)C(Cc1cc(F)cc(F)c1)NSNCC(C)(C)C)c1ccc2scnc2c1. The summed E-state index contributed by atoms with van der Waals surface area (Å²) in [4.78, 5) is 19.1. The number of amides is 1. The molecule has 1 atom stereocenters. The van der Waals surface area contributed by atoms with Gasteiger partial charge in [0.2, 0.25) is 5.91 Å². The minimum atomic E-state index is -0.699. The van der Waals surface area contributed by atoms with Gasteiger partial charge in [-0.2, -0.15) is 0 Å². The number of hydrogen-bond donors (Lipinski definition) is 2. The molecule has 3 aromatic rings. The van der Waals surface area contributed by atoms with Gasteiger partial charge in [-0.15, -0.1) is 11.3 Å². The van der Waals surface area contributed by atoms with E-state index in [1.807, 2.05) is 18.2 Å². The summed E-state index contributed by atoms with van der Waals surface area (Å²) >= 11 is 2.75. The third-order valence-electron chi connectivity index (χ3n) is 4.57. The third-order valence-corrected chi connectivity index (χ3v) is 6.07. The molecule has 31 heavy (non-hydrogen) atoms. The average molecular weight is 465 g/mol. The molecule has 0 radical (unpaired) electrons. The molecule has 166 valence electrons. The molecule has 0 aliphatic heterocycles. The maximum atomic E-state index is 13.7. The number of benzene rings is 2. The minimum Gasteiger partial charge on any atom is -0.314 e. The van der Waals surface area contributed by atoms with E-state index in [4.69, 9.17) is 0 Å². The van der Waals surface area contributed by atoms with Crippen LogP contribution in [0.25, 0.3) is 10.2 Å². The zero-order valence-corrected chi connectivity index (χ0v) is 19.5. The summed E-state index contributed by atoms with van der Waals surface area (Å²) in [5.74, 6) is -1.55. The number of carbonyl (C=O) groups excluding carboxylic acids is 1. The summed E-state index contributed by atoms with van der Waals surface area (Å²) < 4.78 is 34.7. The number of aromatic nitrogens is 1. The van der Waals surface area contributed by atoms with Crippen molar-refractivity contribution in [1.82, 2.24) is 14.4 Å². The molecule has 0 fully saturated rings.